The third-order valence-electron chi connectivity index (χ3n) is 2.63. The Labute approximate surface area is 137 Å². The van der Waals surface area contributed by atoms with Crippen LogP contribution in [0.15, 0.2) is 36.4 Å². The second kappa shape index (κ2) is 9.02. The molecule has 2 aromatic carbocycles. The summed E-state index contributed by atoms with van der Waals surface area (Å²) in [5, 5.41) is 11.2. The number of aromatic hydroxyl groups is 1. The van der Waals surface area contributed by atoms with E-state index in [0.29, 0.717) is 5.30 Å². The first-order valence-electron chi connectivity index (χ1n) is 5.77. The van der Waals surface area contributed by atoms with Gasteiger partial charge in [-0.1, -0.05) is 32.3 Å². The Hall–Kier alpha value is -0.106. The first-order chi connectivity index (χ1) is 9.49. The molecule has 0 saturated heterocycles. The van der Waals surface area contributed by atoms with Crippen LogP contribution in [0, 0.1) is 19.7 Å². The second-order valence-corrected chi connectivity index (χ2v) is 8.02. The van der Waals surface area contributed by atoms with Crippen LogP contribution < -0.4 is 10.6 Å². The molecule has 1 N–H and O–H groups in total. The molecule has 0 heterocycles. The Morgan fingerprint density at radius 1 is 1.15 bits per heavy atom. The maximum absolute atomic E-state index is 13.7. The van der Waals surface area contributed by atoms with Crippen LogP contribution in [0.25, 0.3) is 0 Å². The van der Waals surface area contributed by atoms with Gasteiger partial charge in [-0.25, -0.2) is 4.39 Å². The Morgan fingerprint density at radius 2 is 1.80 bits per heavy atom. The summed E-state index contributed by atoms with van der Waals surface area (Å²) in [6.07, 6.45) is 0. The second-order valence-electron chi connectivity index (χ2n) is 4.15. The molecular weight excluding hydrogens is 353 g/mol. The van der Waals surface area contributed by atoms with E-state index in [1.807, 2.05) is 32.0 Å². The number of phenols is 1. The molecule has 0 aromatic heterocycles. The van der Waals surface area contributed by atoms with Crippen molar-refractivity contribution in [2.45, 2.75) is 13.8 Å². The first-order valence-corrected chi connectivity index (χ1v) is 11.1. The van der Waals surface area contributed by atoms with Crippen LogP contribution in [0.2, 0.25) is 0 Å². The zero-order valence-electron chi connectivity index (χ0n) is 11.0. The topological polar surface area (TPSA) is 20.2 Å². The van der Waals surface area contributed by atoms with Crippen LogP contribution in [0.5, 0.6) is 5.75 Å². The summed E-state index contributed by atoms with van der Waals surface area (Å²) in [5.41, 5.74) is 1.99. The molecule has 0 saturated carbocycles. The average molecular weight is 367 g/mol. The van der Waals surface area contributed by atoms with Gasteiger partial charge in [-0.2, -0.15) is 0 Å². The van der Waals surface area contributed by atoms with Crippen molar-refractivity contribution in [3.8, 4) is 5.75 Å². The Bertz CT molecular complexity index is 561. The van der Waals surface area contributed by atoms with E-state index < -0.39 is 17.0 Å². The van der Waals surface area contributed by atoms with E-state index in [1.165, 1.54) is 6.07 Å². The summed E-state index contributed by atoms with van der Waals surface area (Å²) in [7, 11) is 9.92. The molecule has 0 aliphatic heterocycles. The molecule has 0 spiro atoms. The molecule has 1 nitrogen and oxygen atoms in total. The van der Waals surface area contributed by atoms with E-state index in [0.717, 1.165) is 16.4 Å². The normalized spacial score (nSPS) is 10.2. The molecule has 0 aliphatic carbocycles. The zero-order valence-corrected chi connectivity index (χ0v) is 15.1. The molecule has 0 radical (unpaired) electrons. The van der Waals surface area contributed by atoms with Gasteiger partial charge in [0.05, 0.1) is 0 Å². The summed E-state index contributed by atoms with van der Waals surface area (Å²) in [4.78, 5) is 0. The monoisotopic (exact) mass is 366 g/mol. The van der Waals surface area contributed by atoms with Crippen molar-refractivity contribution in [3.63, 3.8) is 0 Å². The van der Waals surface area contributed by atoms with Crippen LogP contribution >= 0.6 is 27.2 Å². The summed E-state index contributed by atoms with van der Waals surface area (Å²) in [5.74, 6) is 0.0285. The van der Waals surface area contributed by atoms with Crippen molar-refractivity contribution in [1.29, 1.82) is 0 Å². The quantitative estimate of drug-likeness (QED) is 0.625. The van der Waals surface area contributed by atoms with Crippen molar-refractivity contribution in [3.05, 3.63) is 53.3 Å². The van der Waals surface area contributed by atoms with Crippen molar-refractivity contribution in [2.24, 2.45) is 0 Å². The standard InChI is InChI=1S/C14H14FOP.2ClH.Ti/c1-9-6-7-12(16)13(8-9)17-14-10(2)4-3-5-11(14)15;;;/h3-8,16-17H,1-2H3;2*1H;/q;;;+2/p-2. The van der Waals surface area contributed by atoms with Crippen LogP contribution in [-0.2, 0) is 17.0 Å². The molecule has 106 valence electrons. The maximum atomic E-state index is 13.7. The number of hydrogen-bond donors (Lipinski definition) is 1. The Balaban J connectivity index is 0.000000612. The van der Waals surface area contributed by atoms with Gasteiger partial charge < -0.3 is 5.11 Å². The fourth-order valence-corrected chi connectivity index (χ4v) is 2.94. The van der Waals surface area contributed by atoms with E-state index in [4.69, 9.17) is 18.6 Å². The van der Waals surface area contributed by atoms with Gasteiger partial charge in [0.25, 0.3) is 0 Å². The van der Waals surface area contributed by atoms with E-state index in [2.05, 4.69) is 0 Å². The number of hydrogen-bond acceptors (Lipinski definition) is 1. The van der Waals surface area contributed by atoms with Crippen LogP contribution in [0.1, 0.15) is 11.1 Å². The van der Waals surface area contributed by atoms with Crippen LogP contribution in [0.4, 0.5) is 4.39 Å². The fraction of sp³-hybridized carbons (Fsp3) is 0.143. The van der Waals surface area contributed by atoms with Crippen molar-refractivity contribution in [2.75, 3.05) is 0 Å². The van der Waals surface area contributed by atoms with Crippen LogP contribution in [-0.4, -0.2) is 5.11 Å². The molecule has 1 atom stereocenters. The molecule has 0 amide bonds. The number of phenolic OH excluding ortho intramolecular Hbond substituents is 1. The molecule has 2 aromatic rings. The molecule has 2 rings (SSSR count). The van der Waals surface area contributed by atoms with Gasteiger partial charge in [0, 0.05) is 10.6 Å². The molecule has 0 bridgehead atoms. The van der Waals surface area contributed by atoms with E-state index in [1.54, 1.807) is 12.1 Å². The minimum atomic E-state index is -0.556. The van der Waals surface area contributed by atoms with Gasteiger partial charge in [0.2, 0.25) is 0 Å². The molecule has 6 heteroatoms. The van der Waals surface area contributed by atoms with Gasteiger partial charge in [-0.05, 0) is 37.6 Å². The molecule has 0 fully saturated rings. The first kappa shape index (κ1) is 17.9. The third kappa shape index (κ3) is 5.35. The van der Waals surface area contributed by atoms with Gasteiger partial charge in [-0.3, -0.25) is 0 Å². The molecule has 1 unspecified atom stereocenters. The van der Waals surface area contributed by atoms with Crippen molar-refractivity contribution >= 4 is 37.8 Å². The van der Waals surface area contributed by atoms with Crippen LogP contribution in [0.3, 0.4) is 0 Å². The number of benzene rings is 2. The summed E-state index contributed by atoms with van der Waals surface area (Å²) in [6, 6.07) is 10.5. The Kier molecular flexibility index (Phi) is 8.10. The summed E-state index contributed by atoms with van der Waals surface area (Å²) >= 11 is -0.556. The zero-order chi connectivity index (χ0) is 15.1. The van der Waals surface area contributed by atoms with Gasteiger partial charge in [0.15, 0.2) is 0 Å². The van der Waals surface area contributed by atoms with E-state index in [9.17, 15) is 9.50 Å². The summed E-state index contributed by atoms with van der Waals surface area (Å²) < 4.78 is 13.7. The van der Waals surface area contributed by atoms with Gasteiger partial charge in [0.1, 0.15) is 11.6 Å². The predicted octanol–water partition coefficient (Wildman–Crippen LogP) is 4.15. The molecular formula is C14H14Cl2FOPTi. The average Bonchev–Trinajstić information content (AvgIpc) is 2.39. The number of rotatable bonds is 2. The van der Waals surface area contributed by atoms with Crippen molar-refractivity contribution in [1.82, 2.24) is 0 Å². The van der Waals surface area contributed by atoms with Gasteiger partial charge in [-0.15, -0.1) is 0 Å². The predicted molar refractivity (Wildman–Crippen MR) is 83.3 cm³/mol. The molecule has 0 aliphatic rings. The summed E-state index contributed by atoms with van der Waals surface area (Å²) in [6.45, 7) is 3.85. The van der Waals surface area contributed by atoms with E-state index >= 15 is 0 Å². The molecule has 20 heavy (non-hydrogen) atoms. The van der Waals surface area contributed by atoms with Gasteiger partial charge >= 0.3 is 35.6 Å². The Morgan fingerprint density at radius 3 is 2.40 bits per heavy atom. The fourth-order valence-electron chi connectivity index (χ4n) is 1.67. The van der Waals surface area contributed by atoms with Crippen molar-refractivity contribution < 1.29 is 26.5 Å². The number of halogens is 3. The minimum absolute atomic E-state index is 0.145. The SMILES string of the molecule is Cc1ccc(O)c(Pc2c(C)cccc2F)c1.[Cl][Ti][Cl]. The number of aryl methyl sites for hydroxylation is 2. The van der Waals surface area contributed by atoms with E-state index in [-0.39, 0.29) is 20.1 Å². The third-order valence-corrected chi connectivity index (χ3v) is 4.19.